The fourth-order valence-electron chi connectivity index (χ4n) is 3.58. The van der Waals surface area contributed by atoms with Gasteiger partial charge in [0.25, 0.3) is 0 Å². The van der Waals surface area contributed by atoms with Gasteiger partial charge in [0.05, 0.1) is 29.9 Å². The average Bonchev–Trinajstić information content (AvgIpc) is 3.11. The van der Waals surface area contributed by atoms with Crippen molar-refractivity contribution in [2.24, 2.45) is 0 Å². The van der Waals surface area contributed by atoms with Crippen molar-refractivity contribution in [1.82, 2.24) is 14.5 Å². The number of imidazole rings is 1. The Labute approximate surface area is 175 Å². The van der Waals surface area contributed by atoms with Gasteiger partial charge in [0.1, 0.15) is 5.82 Å². The summed E-state index contributed by atoms with van der Waals surface area (Å²) in [5, 5.41) is 0.687. The van der Waals surface area contributed by atoms with E-state index in [1.165, 1.54) is 0 Å². The highest BCUT2D eigenvalue weighted by molar-refractivity contribution is 6.30. The molecule has 0 atom stereocenters. The Morgan fingerprint density at radius 3 is 2.76 bits per heavy atom. The van der Waals surface area contributed by atoms with Crippen molar-refractivity contribution in [2.45, 2.75) is 19.9 Å². The number of ether oxygens (including phenoxy) is 2. The molecule has 0 unspecified atom stereocenters. The third kappa shape index (κ3) is 4.45. The quantitative estimate of drug-likeness (QED) is 0.566. The van der Waals surface area contributed by atoms with Crippen LogP contribution >= 0.6 is 11.6 Å². The molecule has 4 rings (SSSR count). The molecule has 1 fully saturated rings. The van der Waals surface area contributed by atoms with E-state index in [2.05, 4.69) is 9.47 Å². The number of carbonyl (C=O) groups excluding carboxylic acids is 1. The van der Waals surface area contributed by atoms with Gasteiger partial charge in [0.2, 0.25) is 0 Å². The summed E-state index contributed by atoms with van der Waals surface area (Å²) in [4.78, 5) is 19.3. The summed E-state index contributed by atoms with van der Waals surface area (Å²) in [6.45, 7) is 6.32. The molecule has 0 N–H and O–H groups in total. The van der Waals surface area contributed by atoms with E-state index in [4.69, 9.17) is 26.1 Å². The van der Waals surface area contributed by atoms with Crippen LogP contribution in [0.1, 0.15) is 23.7 Å². The van der Waals surface area contributed by atoms with Crippen LogP contribution in [0.25, 0.3) is 22.4 Å². The highest BCUT2D eigenvalue weighted by Crippen LogP contribution is 2.27. The van der Waals surface area contributed by atoms with Crippen molar-refractivity contribution in [3.8, 4) is 11.4 Å². The molecule has 0 bridgehead atoms. The van der Waals surface area contributed by atoms with Gasteiger partial charge in [-0.25, -0.2) is 9.78 Å². The summed E-state index contributed by atoms with van der Waals surface area (Å²) in [6, 6.07) is 13.2. The van der Waals surface area contributed by atoms with Gasteiger partial charge in [-0.1, -0.05) is 11.6 Å². The minimum absolute atomic E-state index is 0.331. The van der Waals surface area contributed by atoms with Crippen LogP contribution in [-0.4, -0.2) is 53.5 Å². The normalized spacial score (nSPS) is 15.0. The number of esters is 1. The number of fused-ring (bicyclic) bond motifs is 1. The number of benzene rings is 2. The molecular weight excluding hydrogens is 390 g/mol. The lowest BCUT2D eigenvalue weighted by atomic mass is 10.2. The first kappa shape index (κ1) is 19.9. The van der Waals surface area contributed by atoms with Crippen molar-refractivity contribution in [1.29, 1.82) is 0 Å². The van der Waals surface area contributed by atoms with Gasteiger partial charge in [-0.05, 0) is 55.8 Å². The maximum absolute atomic E-state index is 12.1. The molecule has 152 valence electrons. The number of rotatable bonds is 6. The lowest BCUT2D eigenvalue weighted by Crippen LogP contribution is -2.35. The highest BCUT2D eigenvalue weighted by atomic mass is 35.5. The topological polar surface area (TPSA) is 56.6 Å². The minimum Gasteiger partial charge on any atom is -0.462 e. The molecular formula is C22H24ClN3O3. The lowest BCUT2D eigenvalue weighted by molar-refractivity contribution is -0.0144. The molecule has 1 saturated heterocycles. The fraction of sp³-hybridized carbons (Fsp3) is 0.364. The number of halogens is 1. The van der Waals surface area contributed by atoms with Crippen LogP contribution in [0.4, 0.5) is 0 Å². The molecule has 7 heteroatoms. The molecule has 2 heterocycles. The summed E-state index contributed by atoms with van der Waals surface area (Å²) >= 11 is 6.07. The second kappa shape index (κ2) is 8.95. The molecule has 3 aromatic rings. The van der Waals surface area contributed by atoms with Gasteiger partial charge in [-0.2, -0.15) is 0 Å². The SMILES string of the molecule is CCOC(=O)c1ccc2c(c1)nc(-c1ccc(Cl)cc1)n2CCN1CCCOC1. The molecule has 0 saturated carbocycles. The van der Waals surface area contributed by atoms with Crippen molar-refractivity contribution in [3.05, 3.63) is 53.1 Å². The van der Waals surface area contributed by atoms with Gasteiger partial charge in [0.15, 0.2) is 0 Å². The van der Waals surface area contributed by atoms with Gasteiger partial charge in [0, 0.05) is 36.8 Å². The Hall–Kier alpha value is -2.41. The van der Waals surface area contributed by atoms with Crippen LogP contribution in [0.15, 0.2) is 42.5 Å². The first-order valence-electron chi connectivity index (χ1n) is 9.89. The predicted octanol–water partition coefficient (Wildman–Crippen LogP) is 4.21. The first-order valence-corrected chi connectivity index (χ1v) is 10.3. The molecule has 2 aromatic carbocycles. The number of hydrogen-bond donors (Lipinski definition) is 0. The molecule has 0 aliphatic carbocycles. The summed E-state index contributed by atoms with van der Waals surface area (Å²) in [5.74, 6) is 0.526. The number of nitrogens with zero attached hydrogens (tertiary/aromatic N) is 3. The Balaban J connectivity index is 1.71. The second-order valence-electron chi connectivity index (χ2n) is 7.03. The van der Waals surface area contributed by atoms with Crippen LogP contribution in [0, 0.1) is 0 Å². The first-order chi connectivity index (χ1) is 14.2. The van der Waals surface area contributed by atoms with Gasteiger partial charge in [-0.3, -0.25) is 4.90 Å². The molecule has 6 nitrogen and oxygen atoms in total. The van der Waals surface area contributed by atoms with Crippen LogP contribution in [0.2, 0.25) is 5.02 Å². The molecule has 1 aliphatic rings. The van der Waals surface area contributed by atoms with Gasteiger partial charge < -0.3 is 14.0 Å². The zero-order chi connectivity index (χ0) is 20.2. The van der Waals surface area contributed by atoms with Crippen LogP contribution in [0.3, 0.4) is 0 Å². The smallest absolute Gasteiger partial charge is 0.338 e. The lowest BCUT2D eigenvalue weighted by Gasteiger charge is -2.26. The van der Waals surface area contributed by atoms with E-state index >= 15 is 0 Å². The van der Waals surface area contributed by atoms with Gasteiger partial charge >= 0.3 is 5.97 Å². The molecule has 0 spiro atoms. The predicted molar refractivity (Wildman–Crippen MR) is 113 cm³/mol. The van der Waals surface area contributed by atoms with E-state index < -0.39 is 0 Å². The molecule has 0 radical (unpaired) electrons. The third-order valence-electron chi connectivity index (χ3n) is 5.04. The molecule has 1 aliphatic heterocycles. The Bertz CT molecular complexity index is 994. The van der Waals surface area contributed by atoms with E-state index in [1.807, 2.05) is 30.3 Å². The molecule has 29 heavy (non-hydrogen) atoms. The molecule has 0 amide bonds. The largest absolute Gasteiger partial charge is 0.462 e. The van der Waals surface area contributed by atoms with Crippen LogP contribution < -0.4 is 0 Å². The summed E-state index contributed by atoms with van der Waals surface area (Å²) in [5.41, 5.74) is 3.26. The minimum atomic E-state index is -0.331. The summed E-state index contributed by atoms with van der Waals surface area (Å²) in [7, 11) is 0. The van der Waals surface area contributed by atoms with Crippen LogP contribution in [0.5, 0.6) is 0 Å². The number of hydrogen-bond acceptors (Lipinski definition) is 5. The van der Waals surface area contributed by atoms with Crippen LogP contribution in [-0.2, 0) is 16.0 Å². The Kier molecular flexibility index (Phi) is 6.13. The number of carbonyl (C=O) groups is 1. The van der Waals surface area contributed by atoms with Crippen molar-refractivity contribution in [2.75, 3.05) is 33.0 Å². The average molecular weight is 414 g/mol. The zero-order valence-corrected chi connectivity index (χ0v) is 17.2. The van der Waals surface area contributed by atoms with Gasteiger partial charge in [-0.15, -0.1) is 0 Å². The maximum atomic E-state index is 12.1. The van der Waals surface area contributed by atoms with E-state index in [9.17, 15) is 4.79 Å². The van der Waals surface area contributed by atoms with E-state index in [1.54, 1.807) is 19.1 Å². The summed E-state index contributed by atoms with van der Waals surface area (Å²) < 4.78 is 12.9. The van der Waals surface area contributed by atoms with E-state index in [0.717, 1.165) is 55.1 Å². The standard InChI is InChI=1S/C22H24ClN3O3/c1-2-29-22(27)17-6-9-20-19(14-17)24-21(16-4-7-18(23)8-5-16)26(20)12-11-25-10-3-13-28-15-25/h4-9,14H,2-3,10-13,15H2,1H3. The van der Waals surface area contributed by atoms with Crippen molar-refractivity contribution < 1.29 is 14.3 Å². The summed E-state index contributed by atoms with van der Waals surface area (Å²) in [6.07, 6.45) is 1.05. The number of aromatic nitrogens is 2. The Morgan fingerprint density at radius 1 is 1.21 bits per heavy atom. The Morgan fingerprint density at radius 2 is 2.03 bits per heavy atom. The maximum Gasteiger partial charge on any atom is 0.338 e. The van der Waals surface area contributed by atoms with E-state index in [0.29, 0.717) is 23.9 Å². The highest BCUT2D eigenvalue weighted by Gasteiger charge is 2.17. The molecule has 1 aromatic heterocycles. The van der Waals surface area contributed by atoms with Crippen molar-refractivity contribution >= 4 is 28.6 Å². The third-order valence-corrected chi connectivity index (χ3v) is 5.29. The zero-order valence-electron chi connectivity index (χ0n) is 16.4. The second-order valence-corrected chi connectivity index (χ2v) is 7.46. The van der Waals surface area contributed by atoms with E-state index in [-0.39, 0.29) is 5.97 Å². The monoisotopic (exact) mass is 413 g/mol. The van der Waals surface area contributed by atoms with Crippen molar-refractivity contribution in [3.63, 3.8) is 0 Å². The fourth-order valence-corrected chi connectivity index (χ4v) is 3.71.